The summed E-state index contributed by atoms with van der Waals surface area (Å²) in [4.78, 5) is 29.3. The molecule has 0 atom stereocenters. The Balaban J connectivity index is 2.44. The van der Waals surface area contributed by atoms with E-state index in [0.29, 0.717) is 12.0 Å². The van der Waals surface area contributed by atoms with Crippen LogP contribution in [0.1, 0.15) is 11.1 Å². The van der Waals surface area contributed by atoms with Crippen molar-refractivity contribution in [2.45, 2.75) is 6.42 Å². The van der Waals surface area contributed by atoms with Crippen LogP contribution in [0.3, 0.4) is 0 Å². The van der Waals surface area contributed by atoms with E-state index in [2.05, 4.69) is 0 Å². The van der Waals surface area contributed by atoms with E-state index in [1.54, 1.807) is 18.2 Å². The lowest BCUT2D eigenvalue weighted by molar-refractivity contribution is -0.114. The van der Waals surface area contributed by atoms with E-state index in [1.807, 2.05) is 6.07 Å². The van der Waals surface area contributed by atoms with Gasteiger partial charge in [-0.3, -0.25) is 9.36 Å². The van der Waals surface area contributed by atoms with Crippen LogP contribution in [0.2, 0.25) is 0 Å². The minimum atomic E-state index is -4.14. The highest BCUT2D eigenvalue weighted by atomic mass is 31.2. The van der Waals surface area contributed by atoms with Crippen molar-refractivity contribution in [3.63, 3.8) is 0 Å². The molecule has 16 heavy (non-hydrogen) atoms. The molecule has 1 aliphatic carbocycles. The molecule has 0 saturated carbocycles. The van der Waals surface area contributed by atoms with Crippen LogP contribution in [-0.4, -0.2) is 21.7 Å². The van der Waals surface area contributed by atoms with Gasteiger partial charge >= 0.3 is 7.60 Å². The summed E-state index contributed by atoms with van der Waals surface area (Å²) in [6.45, 7) is 0. The molecular formula is C11H11O4P. The molecule has 0 heterocycles. The summed E-state index contributed by atoms with van der Waals surface area (Å²) in [5.41, 5.74) is 2.03. The maximum atomic E-state index is 11.4. The van der Waals surface area contributed by atoms with Crippen LogP contribution in [0.15, 0.2) is 30.3 Å². The third-order valence-electron chi connectivity index (χ3n) is 2.44. The fraction of sp³-hybridized carbons (Fsp3) is 0.182. The third kappa shape index (κ3) is 2.47. The van der Waals surface area contributed by atoms with Crippen LogP contribution in [-0.2, 0) is 15.8 Å². The van der Waals surface area contributed by atoms with Gasteiger partial charge in [0, 0.05) is 6.42 Å². The molecule has 0 aromatic heterocycles. The lowest BCUT2D eigenvalue weighted by atomic mass is 9.91. The lowest BCUT2D eigenvalue weighted by Crippen LogP contribution is -2.10. The fourth-order valence-electron chi connectivity index (χ4n) is 1.85. The van der Waals surface area contributed by atoms with E-state index in [9.17, 15) is 9.36 Å². The zero-order valence-corrected chi connectivity index (χ0v) is 9.35. The first-order valence-corrected chi connectivity index (χ1v) is 6.62. The van der Waals surface area contributed by atoms with Crippen LogP contribution in [0.4, 0.5) is 0 Å². The predicted molar refractivity (Wildman–Crippen MR) is 60.0 cm³/mol. The summed E-state index contributed by atoms with van der Waals surface area (Å²) < 4.78 is 11.0. The van der Waals surface area contributed by atoms with Crippen molar-refractivity contribution in [2.75, 3.05) is 6.16 Å². The van der Waals surface area contributed by atoms with E-state index in [0.717, 1.165) is 11.1 Å². The Morgan fingerprint density at radius 1 is 1.25 bits per heavy atom. The van der Waals surface area contributed by atoms with Crippen molar-refractivity contribution in [1.29, 1.82) is 0 Å². The zero-order valence-electron chi connectivity index (χ0n) is 8.46. The van der Waals surface area contributed by atoms with Gasteiger partial charge in [-0.2, -0.15) is 0 Å². The van der Waals surface area contributed by atoms with E-state index in [4.69, 9.17) is 9.79 Å². The minimum Gasteiger partial charge on any atom is -0.324 e. The fourth-order valence-corrected chi connectivity index (χ4v) is 2.56. The molecule has 84 valence electrons. The topological polar surface area (TPSA) is 74.6 Å². The number of benzene rings is 1. The number of fused-ring (bicyclic) bond motifs is 1. The van der Waals surface area contributed by atoms with Crippen LogP contribution in [0, 0.1) is 0 Å². The van der Waals surface area contributed by atoms with Gasteiger partial charge in [-0.1, -0.05) is 24.3 Å². The van der Waals surface area contributed by atoms with Crippen LogP contribution in [0.5, 0.6) is 0 Å². The average Bonchev–Trinajstić information content (AvgIpc) is 2.14. The number of rotatable bonds is 2. The quantitative estimate of drug-likeness (QED) is 0.763. The van der Waals surface area contributed by atoms with Crippen molar-refractivity contribution in [1.82, 2.24) is 0 Å². The molecule has 0 amide bonds. The van der Waals surface area contributed by atoms with Crippen LogP contribution < -0.4 is 0 Å². The molecule has 1 aromatic rings. The second kappa shape index (κ2) is 3.98. The minimum absolute atomic E-state index is 0.109. The van der Waals surface area contributed by atoms with E-state index >= 15 is 0 Å². The van der Waals surface area contributed by atoms with Crippen molar-refractivity contribution in [2.24, 2.45) is 0 Å². The standard InChI is InChI=1S/C11H11O4P/c12-10-5-8-3-1-2-4-11(8)9(6-10)7-16(13,14)15/h1-4,6H,5,7H2,(H2,13,14,15). The first-order valence-electron chi connectivity index (χ1n) is 4.82. The Labute approximate surface area is 92.8 Å². The Hall–Kier alpha value is -1.22. The van der Waals surface area contributed by atoms with Gasteiger partial charge in [0.2, 0.25) is 0 Å². The monoisotopic (exact) mass is 238 g/mol. The van der Waals surface area contributed by atoms with Gasteiger partial charge in [0.1, 0.15) is 0 Å². The van der Waals surface area contributed by atoms with Gasteiger partial charge in [-0.15, -0.1) is 0 Å². The van der Waals surface area contributed by atoms with E-state index in [-0.39, 0.29) is 11.9 Å². The SMILES string of the molecule is O=C1C=C(CP(=O)(O)O)c2ccccc2C1. The molecule has 0 saturated heterocycles. The highest BCUT2D eigenvalue weighted by Crippen LogP contribution is 2.41. The second-order valence-corrected chi connectivity index (χ2v) is 5.44. The molecule has 5 heteroatoms. The predicted octanol–water partition coefficient (Wildman–Crippen LogP) is 1.37. The van der Waals surface area contributed by atoms with Crippen molar-refractivity contribution in [3.05, 3.63) is 41.5 Å². The maximum absolute atomic E-state index is 11.4. The Kier molecular flexibility index (Phi) is 2.80. The molecule has 0 spiro atoms. The van der Waals surface area contributed by atoms with Crippen molar-refractivity contribution < 1.29 is 19.1 Å². The van der Waals surface area contributed by atoms with Crippen LogP contribution >= 0.6 is 7.60 Å². The first-order chi connectivity index (χ1) is 7.46. The summed E-state index contributed by atoms with van der Waals surface area (Å²) in [6.07, 6.45) is 1.26. The molecule has 0 aliphatic heterocycles. The van der Waals surface area contributed by atoms with Gasteiger partial charge in [-0.05, 0) is 22.8 Å². The number of carbonyl (C=O) groups is 1. The van der Waals surface area contributed by atoms with Gasteiger partial charge < -0.3 is 9.79 Å². The number of allylic oxidation sites excluding steroid dienone is 2. The average molecular weight is 238 g/mol. The first kappa shape index (κ1) is 11.3. The Morgan fingerprint density at radius 2 is 1.94 bits per heavy atom. The van der Waals surface area contributed by atoms with Crippen molar-refractivity contribution in [3.8, 4) is 0 Å². The van der Waals surface area contributed by atoms with Gasteiger partial charge in [0.15, 0.2) is 5.78 Å². The molecule has 1 aromatic carbocycles. The smallest absolute Gasteiger partial charge is 0.324 e. The molecule has 2 rings (SSSR count). The molecule has 1 aliphatic rings. The van der Waals surface area contributed by atoms with E-state index in [1.165, 1.54) is 6.08 Å². The third-order valence-corrected chi connectivity index (χ3v) is 3.19. The highest BCUT2D eigenvalue weighted by molar-refractivity contribution is 7.52. The summed E-state index contributed by atoms with van der Waals surface area (Å²) in [5.74, 6) is -0.109. The molecule has 2 N–H and O–H groups in total. The molecule has 0 unspecified atom stereocenters. The number of ketones is 1. The van der Waals surface area contributed by atoms with E-state index < -0.39 is 7.60 Å². The highest BCUT2D eigenvalue weighted by Gasteiger charge is 2.23. The largest absolute Gasteiger partial charge is 0.329 e. The number of hydrogen-bond acceptors (Lipinski definition) is 2. The summed E-state index contributed by atoms with van der Waals surface area (Å²) >= 11 is 0. The second-order valence-electron chi connectivity index (χ2n) is 3.79. The lowest BCUT2D eigenvalue weighted by Gasteiger charge is -2.17. The Morgan fingerprint density at radius 3 is 2.62 bits per heavy atom. The summed E-state index contributed by atoms with van der Waals surface area (Å²) in [6, 6.07) is 7.19. The summed E-state index contributed by atoms with van der Waals surface area (Å²) in [7, 11) is -4.14. The zero-order chi connectivity index (χ0) is 11.8. The number of hydrogen-bond donors (Lipinski definition) is 2. The summed E-state index contributed by atoms with van der Waals surface area (Å²) in [5, 5.41) is 0. The number of carbonyl (C=O) groups excluding carboxylic acids is 1. The normalized spacial score (nSPS) is 15.6. The van der Waals surface area contributed by atoms with Gasteiger partial charge in [-0.25, -0.2) is 0 Å². The van der Waals surface area contributed by atoms with Gasteiger partial charge in [0.05, 0.1) is 6.16 Å². The molecule has 4 nitrogen and oxygen atoms in total. The molecular weight excluding hydrogens is 227 g/mol. The molecule has 0 radical (unpaired) electrons. The molecule has 0 bridgehead atoms. The Bertz CT molecular complexity index is 512. The molecule has 0 fully saturated rings. The van der Waals surface area contributed by atoms with Crippen LogP contribution in [0.25, 0.3) is 5.57 Å². The van der Waals surface area contributed by atoms with Gasteiger partial charge in [0.25, 0.3) is 0 Å². The van der Waals surface area contributed by atoms with Crippen molar-refractivity contribution >= 4 is 19.0 Å². The maximum Gasteiger partial charge on any atom is 0.329 e.